The molecule has 1 amide bonds. The zero-order valence-corrected chi connectivity index (χ0v) is 16.4. The number of hydrogen-bond donors (Lipinski definition) is 1. The number of nitrogens with zero attached hydrogens (tertiary/aromatic N) is 5. The van der Waals surface area contributed by atoms with Crippen LogP contribution in [0.25, 0.3) is 17.2 Å². The number of rotatable bonds is 3. The zero-order valence-electron chi connectivity index (χ0n) is 16.4. The molecule has 1 aliphatic rings. The van der Waals surface area contributed by atoms with Gasteiger partial charge in [-0.25, -0.2) is 13.8 Å². The summed E-state index contributed by atoms with van der Waals surface area (Å²) in [7, 11) is 0. The third kappa shape index (κ3) is 3.43. The molecular weight excluding hydrogens is 402 g/mol. The van der Waals surface area contributed by atoms with Gasteiger partial charge in [-0.15, -0.1) is 5.10 Å². The van der Waals surface area contributed by atoms with Crippen molar-refractivity contribution < 1.29 is 13.6 Å². The molecule has 0 bridgehead atoms. The number of aromatic nitrogens is 5. The van der Waals surface area contributed by atoms with Crippen molar-refractivity contribution >= 4 is 11.7 Å². The molecule has 9 heteroatoms. The number of benzene rings is 2. The molecule has 1 atom stereocenters. The van der Waals surface area contributed by atoms with E-state index >= 15 is 0 Å². The van der Waals surface area contributed by atoms with E-state index in [0.717, 1.165) is 11.6 Å². The summed E-state index contributed by atoms with van der Waals surface area (Å²) in [6.45, 7) is 1.77. The summed E-state index contributed by atoms with van der Waals surface area (Å²) >= 11 is 0. The Kier molecular flexibility index (Phi) is 4.50. The van der Waals surface area contributed by atoms with Gasteiger partial charge in [0.15, 0.2) is 0 Å². The van der Waals surface area contributed by atoms with Gasteiger partial charge in [-0.3, -0.25) is 4.79 Å². The molecule has 1 aliphatic heterocycles. The number of anilines is 1. The molecule has 4 aromatic rings. The lowest BCUT2D eigenvalue weighted by Crippen LogP contribution is -2.25. The van der Waals surface area contributed by atoms with Crippen LogP contribution in [0.5, 0.6) is 0 Å². The first-order valence-corrected chi connectivity index (χ1v) is 9.60. The highest BCUT2D eigenvalue weighted by Crippen LogP contribution is 2.40. The van der Waals surface area contributed by atoms with Gasteiger partial charge in [0.25, 0.3) is 5.95 Å². The molecule has 0 saturated carbocycles. The monoisotopic (exact) mass is 418 g/mol. The first-order chi connectivity index (χ1) is 15.0. The van der Waals surface area contributed by atoms with Crippen molar-refractivity contribution in [3.63, 3.8) is 0 Å². The zero-order chi connectivity index (χ0) is 21.5. The molecule has 7 nitrogen and oxygen atoms in total. The summed E-state index contributed by atoms with van der Waals surface area (Å²) in [5.74, 6) is -1.69. The van der Waals surface area contributed by atoms with Gasteiger partial charge in [-0.1, -0.05) is 30.3 Å². The van der Waals surface area contributed by atoms with Crippen LogP contribution in [0.1, 0.15) is 29.2 Å². The lowest BCUT2D eigenvalue weighted by Gasteiger charge is -2.24. The highest BCUT2D eigenvalue weighted by Gasteiger charge is 2.33. The Bertz CT molecular complexity index is 1280. The predicted octanol–water partition coefficient (Wildman–Crippen LogP) is 3.79. The highest BCUT2D eigenvalue weighted by atomic mass is 19.1. The van der Waals surface area contributed by atoms with Crippen molar-refractivity contribution in [3.8, 4) is 17.2 Å². The molecule has 3 heterocycles. The smallest absolute Gasteiger partial charge is 0.272 e. The van der Waals surface area contributed by atoms with Gasteiger partial charge in [-0.05, 0) is 24.6 Å². The van der Waals surface area contributed by atoms with E-state index in [1.807, 2.05) is 30.3 Å². The van der Waals surface area contributed by atoms with E-state index in [1.165, 1.54) is 16.8 Å². The van der Waals surface area contributed by atoms with E-state index in [4.69, 9.17) is 0 Å². The van der Waals surface area contributed by atoms with Gasteiger partial charge in [0.05, 0.1) is 17.6 Å². The second-order valence-corrected chi connectivity index (χ2v) is 7.27. The summed E-state index contributed by atoms with van der Waals surface area (Å²) in [4.78, 5) is 17.0. The van der Waals surface area contributed by atoms with E-state index in [2.05, 4.69) is 25.6 Å². The van der Waals surface area contributed by atoms with Crippen molar-refractivity contribution in [2.24, 2.45) is 0 Å². The maximum Gasteiger partial charge on any atom is 0.272 e. The quantitative estimate of drug-likeness (QED) is 0.547. The van der Waals surface area contributed by atoms with Crippen LogP contribution in [-0.2, 0) is 4.79 Å². The summed E-state index contributed by atoms with van der Waals surface area (Å²) < 4.78 is 29.1. The number of amides is 1. The van der Waals surface area contributed by atoms with Crippen LogP contribution in [0.4, 0.5) is 14.6 Å². The minimum atomic E-state index is -0.698. The Balaban J connectivity index is 1.64. The maximum atomic E-state index is 13.8. The van der Waals surface area contributed by atoms with Gasteiger partial charge >= 0.3 is 0 Å². The first kappa shape index (κ1) is 19.0. The SMILES string of the molecule is Cc1nn(-c2nncc(-c3ccccc3)n2)c2c1[C@@H](c1cc(F)cc(F)c1)CC(=O)N2. The average Bonchev–Trinajstić information content (AvgIpc) is 3.09. The topological polar surface area (TPSA) is 85.6 Å². The Labute approximate surface area is 175 Å². The third-order valence-corrected chi connectivity index (χ3v) is 5.20. The number of hydrogen-bond acceptors (Lipinski definition) is 5. The minimum Gasteiger partial charge on any atom is -0.310 e. The van der Waals surface area contributed by atoms with Gasteiger partial charge < -0.3 is 5.32 Å². The standard InChI is InChI=1S/C22H16F2N6O/c1-12-20-17(14-7-15(23)9-16(24)8-14)10-19(31)27-21(20)30(29-12)22-26-18(11-25-28-22)13-5-3-2-4-6-13/h2-9,11,17H,10H2,1H3,(H,27,31)/t17-/m1/s1. The largest absolute Gasteiger partial charge is 0.310 e. The molecule has 5 rings (SSSR count). The van der Waals surface area contributed by atoms with Crippen molar-refractivity contribution in [3.05, 3.63) is 83.2 Å². The Morgan fingerprint density at radius 3 is 2.58 bits per heavy atom. The molecule has 0 radical (unpaired) electrons. The van der Waals surface area contributed by atoms with Crippen molar-refractivity contribution in [1.82, 2.24) is 25.0 Å². The molecule has 2 aromatic heterocycles. The van der Waals surface area contributed by atoms with Gasteiger partial charge in [0.1, 0.15) is 17.5 Å². The van der Waals surface area contributed by atoms with Gasteiger partial charge in [-0.2, -0.15) is 14.9 Å². The Morgan fingerprint density at radius 1 is 1.10 bits per heavy atom. The summed E-state index contributed by atoms with van der Waals surface area (Å²) in [6.07, 6.45) is 1.59. The third-order valence-electron chi connectivity index (χ3n) is 5.20. The van der Waals surface area contributed by atoms with Gasteiger partial charge in [0, 0.05) is 29.5 Å². The second kappa shape index (κ2) is 7.35. The molecule has 0 unspecified atom stereocenters. The van der Waals surface area contributed by atoms with Crippen LogP contribution in [0.3, 0.4) is 0 Å². The number of carbonyl (C=O) groups is 1. The molecule has 1 N–H and O–H groups in total. The van der Waals surface area contributed by atoms with Crippen molar-refractivity contribution in [2.75, 3.05) is 5.32 Å². The fourth-order valence-electron chi connectivity index (χ4n) is 3.88. The van der Waals surface area contributed by atoms with E-state index in [-0.39, 0.29) is 18.3 Å². The van der Waals surface area contributed by atoms with Crippen LogP contribution in [0.2, 0.25) is 0 Å². The summed E-state index contributed by atoms with van der Waals surface area (Å²) in [6, 6.07) is 12.7. The molecule has 0 aliphatic carbocycles. The molecule has 0 saturated heterocycles. The van der Waals surface area contributed by atoms with Crippen LogP contribution < -0.4 is 5.32 Å². The summed E-state index contributed by atoms with van der Waals surface area (Å²) in [5, 5.41) is 15.4. The fraction of sp³-hybridized carbons (Fsp3) is 0.136. The minimum absolute atomic E-state index is 0.0472. The molecule has 154 valence electrons. The number of fused-ring (bicyclic) bond motifs is 1. The molecular formula is C22H16F2N6O. The molecule has 0 fully saturated rings. The second-order valence-electron chi connectivity index (χ2n) is 7.27. The normalized spacial score (nSPS) is 15.5. The number of nitrogens with one attached hydrogen (secondary N) is 1. The van der Waals surface area contributed by atoms with Crippen LogP contribution in [-0.4, -0.2) is 30.9 Å². The highest BCUT2D eigenvalue weighted by molar-refractivity contribution is 5.95. The lowest BCUT2D eigenvalue weighted by atomic mass is 9.85. The summed E-state index contributed by atoms with van der Waals surface area (Å²) in [5.41, 5.74) is 3.08. The van der Waals surface area contributed by atoms with Gasteiger partial charge in [0.2, 0.25) is 5.91 Å². The van der Waals surface area contributed by atoms with E-state index in [1.54, 1.807) is 13.1 Å². The predicted molar refractivity (Wildman–Crippen MR) is 109 cm³/mol. The van der Waals surface area contributed by atoms with Crippen molar-refractivity contribution in [2.45, 2.75) is 19.3 Å². The molecule has 2 aromatic carbocycles. The maximum absolute atomic E-state index is 13.8. The number of carbonyl (C=O) groups excluding carboxylic acids is 1. The lowest BCUT2D eigenvalue weighted by molar-refractivity contribution is -0.116. The van der Waals surface area contributed by atoms with Crippen LogP contribution >= 0.6 is 0 Å². The number of halogens is 2. The van der Waals surface area contributed by atoms with E-state index in [9.17, 15) is 13.6 Å². The van der Waals surface area contributed by atoms with Crippen LogP contribution in [0, 0.1) is 18.6 Å². The number of aryl methyl sites for hydroxylation is 1. The van der Waals surface area contributed by atoms with Crippen LogP contribution in [0.15, 0.2) is 54.7 Å². The molecule has 0 spiro atoms. The Hall–Kier alpha value is -4.01. The van der Waals surface area contributed by atoms with Crippen molar-refractivity contribution in [1.29, 1.82) is 0 Å². The average molecular weight is 418 g/mol. The fourth-order valence-corrected chi connectivity index (χ4v) is 3.88. The van der Waals surface area contributed by atoms with E-state index in [0.29, 0.717) is 28.3 Å². The first-order valence-electron chi connectivity index (χ1n) is 9.60. The molecule has 31 heavy (non-hydrogen) atoms. The Morgan fingerprint density at radius 2 is 1.84 bits per heavy atom. The van der Waals surface area contributed by atoms with E-state index < -0.39 is 17.6 Å².